The lowest BCUT2D eigenvalue weighted by atomic mass is 10.1. The van der Waals surface area contributed by atoms with Gasteiger partial charge in [0.2, 0.25) is 0 Å². The molecule has 0 aliphatic rings. The predicted octanol–water partition coefficient (Wildman–Crippen LogP) is 3.38. The van der Waals surface area contributed by atoms with E-state index in [0.29, 0.717) is 17.0 Å². The molecule has 160 valence electrons. The van der Waals surface area contributed by atoms with E-state index in [9.17, 15) is 14.4 Å². The van der Waals surface area contributed by atoms with E-state index in [1.54, 1.807) is 37.3 Å². The molecular weight excluding hydrogens is 398 g/mol. The zero-order valence-corrected chi connectivity index (χ0v) is 17.4. The van der Waals surface area contributed by atoms with Crippen molar-refractivity contribution in [2.45, 2.75) is 26.9 Å². The molecule has 1 heterocycles. The fourth-order valence-corrected chi connectivity index (χ4v) is 2.69. The highest BCUT2D eigenvalue weighted by Crippen LogP contribution is 2.21. The van der Waals surface area contributed by atoms with Crippen molar-refractivity contribution >= 4 is 23.4 Å². The summed E-state index contributed by atoms with van der Waals surface area (Å²) in [5, 5.41) is 2.66. The molecule has 3 rings (SSSR count). The highest BCUT2D eigenvalue weighted by Gasteiger charge is 2.17. The van der Waals surface area contributed by atoms with Crippen molar-refractivity contribution in [3.05, 3.63) is 83.3 Å². The van der Waals surface area contributed by atoms with E-state index in [1.807, 2.05) is 26.0 Å². The average Bonchev–Trinajstić information content (AvgIpc) is 3.30. The quantitative estimate of drug-likeness (QED) is 0.529. The molecule has 0 spiro atoms. The fraction of sp³-hybridized carbons (Fsp3) is 0.174. The van der Waals surface area contributed by atoms with Gasteiger partial charge < -0.3 is 14.5 Å². The second-order valence-corrected chi connectivity index (χ2v) is 6.91. The minimum absolute atomic E-state index is 0.182. The molecule has 3 amide bonds. The maximum absolute atomic E-state index is 12.3. The Kier molecular flexibility index (Phi) is 6.71. The first-order chi connectivity index (χ1) is 14.8. The van der Waals surface area contributed by atoms with E-state index >= 15 is 0 Å². The summed E-state index contributed by atoms with van der Waals surface area (Å²) in [6.07, 6.45) is 0.602. The number of ether oxygens (including phenoxy) is 1. The average molecular weight is 421 g/mol. The number of hydrogen-bond donors (Lipinski definition) is 3. The highest BCUT2D eigenvalue weighted by molar-refractivity contribution is 6.02. The summed E-state index contributed by atoms with van der Waals surface area (Å²) in [6, 6.07) is 15.0. The van der Waals surface area contributed by atoms with Crippen LogP contribution in [0.2, 0.25) is 0 Å². The number of furan rings is 1. The van der Waals surface area contributed by atoms with E-state index in [2.05, 4.69) is 16.2 Å². The van der Waals surface area contributed by atoms with Gasteiger partial charge in [-0.2, -0.15) is 0 Å². The zero-order chi connectivity index (χ0) is 22.4. The van der Waals surface area contributed by atoms with Gasteiger partial charge in [-0.1, -0.05) is 12.1 Å². The zero-order valence-electron chi connectivity index (χ0n) is 17.4. The van der Waals surface area contributed by atoms with Gasteiger partial charge in [0.05, 0.1) is 6.26 Å². The number of amides is 3. The molecule has 3 N–H and O–H groups in total. The topological polar surface area (TPSA) is 110 Å². The first-order valence-electron chi connectivity index (χ1n) is 9.63. The van der Waals surface area contributed by atoms with Crippen LogP contribution in [0.4, 0.5) is 5.69 Å². The summed E-state index contributed by atoms with van der Waals surface area (Å²) in [5.74, 6) is -0.594. The molecule has 0 saturated heterocycles. The van der Waals surface area contributed by atoms with Crippen LogP contribution in [0.25, 0.3) is 0 Å². The molecule has 31 heavy (non-hydrogen) atoms. The van der Waals surface area contributed by atoms with Crippen LogP contribution in [0.5, 0.6) is 5.75 Å². The molecule has 0 radical (unpaired) electrons. The van der Waals surface area contributed by atoms with Gasteiger partial charge in [0.25, 0.3) is 17.7 Å². The van der Waals surface area contributed by atoms with Crippen LogP contribution in [0, 0.1) is 13.8 Å². The number of rotatable bonds is 6. The molecule has 0 aliphatic carbocycles. The molecule has 8 nitrogen and oxygen atoms in total. The summed E-state index contributed by atoms with van der Waals surface area (Å²) in [7, 11) is 0. The van der Waals surface area contributed by atoms with E-state index in [0.717, 1.165) is 11.1 Å². The second kappa shape index (κ2) is 9.62. The van der Waals surface area contributed by atoms with Crippen LogP contribution in [-0.2, 0) is 4.79 Å². The number of carbonyl (C=O) groups is 3. The molecule has 0 aliphatic heterocycles. The first kappa shape index (κ1) is 21.6. The molecule has 3 aromatic rings. The Labute approximate surface area is 179 Å². The van der Waals surface area contributed by atoms with Gasteiger partial charge in [-0.25, -0.2) is 0 Å². The molecule has 0 fully saturated rings. The van der Waals surface area contributed by atoms with Crippen LogP contribution in [-0.4, -0.2) is 23.8 Å². The minimum Gasteiger partial charge on any atom is -0.481 e. The maximum atomic E-state index is 12.3. The Morgan fingerprint density at radius 1 is 0.903 bits per heavy atom. The lowest BCUT2D eigenvalue weighted by Gasteiger charge is -2.17. The van der Waals surface area contributed by atoms with Crippen molar-refractivity contribution in [1.82, 2.24) is 10.9 Å². The van der Waals surface area contributed by atoms with Crippen LogP contribution >= 0.6 is 0 Å². The molecule has 0 unspecified atom stereocenters. The number of benzene rings is 2. The van der Waals surface area contributed by atoms with Gasteiger partial charge in [0.15, 0.2) is 11.9 Å². The number of hydrazine groups is 1. The Bertz CT molecular complexity index is 1080. The summed E-state index contributed by atoms with van der Waals surface area (Å²) in [4.78, 5) is 36.5. The predicted molar refractivity (Wildman–Crippen MR) is 115 cm³/mol. The van der Waals surface area contributed by atoms with Crippen molar-refractivity contribution in [1.29, 1.82) is 0 Å². The number of carbonyl (C=O) groups excluding carboxylic acids is 3. The summed E-state index contributed by atoms with van der Waals surface area (Å²) in [6.45, 7) is 5.47. The SMILES string of the molecule is Cc1cccc(O[C@@H](C)C(=O)NNC(=O)c2ccc(NC(=O)c3ccco3)cc2)c1C. The fourth-order valence-electron chi connectivity index (χ4n) is 2.69. The first-order valence-corrected chi connectivity index (χ1v) is 9.63. The summed E-state index contributed by atoms with van der Waals surface area (Å²) in [5.41, 5.74) is 7.52. The van der Waals surface area contributed by atoms with Gasteiger partial charge >= 0.3 is 0 Å². The number of hydrogen-bond acceptors (Lipinski definition) is 5. The van der Waals surface area contributed by atoms with Crippen molar-refractivity contribution in [3.63, 3.8) is 0 Å². The van der Waals surface area contributed by atoms with E-state index in [1.165, 1.54) is 18.4 Å². The molecule has 2 aromatic carbocycles. The Hall–Kier alpha value is -4.07. The third kappa shape index (κ3) is 5.51. The molecule has 1 aromatic heterocycles. The van der Waals surface area contributed by atoms with Crippen molar-refractivity contribution < 1.29 is 23.5 Å². The number of aryl methyl sites for hydroxylation is 1. The lowest BCUT2D eigenvalue weighted by molar-refractivity contribution is -0.128. The third-order valence-electron chi connectivity index (χ3n) is 4.68. The molecule has 1 atom stereocenters. The van der Waals surface area contributed by atoms with Gasteiger partial charge in [-0.05, 0) is 74.4 Å². The minimum atomic E-state index is -0.806. The molecule has 0 bridgehead atoms. The molecule has 8 heteroatoms. The summed E-state index contributed by atoms with van der Waals surface area (Å²) < 4.78 is 10.7. The lowest BCUT2D eigenvalue weighted by Crippen LogP contribution is -2.47. The number of nitrogens with one attached hydrogen (secondary N) is 3. The van der Waals surface area contributed by atoms with Crippen molar-refractivity contribution in [2.24, 2.45) is 0 Å². The Morgan fingerprint density at radius 2 is 1.65 bits per heavy atom. The van der Waals surface area contributed by atoms with Gasteiger partial charge in [0, 0.05) is 11.3 Å². The van der Waals surface area contributed by atoms with Crippen molar-refractivity contribution in [2.75, 3.05) is 5.32 Å². The second-order valence-electron chi connectivity index (χ2n) is 6.91. The van der Waals surface area contributed by atoms with E-state index in [4.69, 9.17) is 9.15 Å². The van der Waals surface area contributed by atoms with Crippen LogP contribution in [0.15, 0.2) is 65.3 Å². The molecule has 0 saturated carbocycles. The number of anilines is 1. The van der Waals surface area contributed by atoms with Gasteiger partial charge in [0.1, 0.15) is 5.75 Å². The third-order valence-corrected chi connectivity index (χ3v) is 4.68. The highest BCUT2D eigenvalue weighted by atomic mass is 16.5. The van der Waals surface area contributed by atoms with Crippen LogP contribution in [0.1, 0.15) is 39.0 Å². The van der Waals surface area contributed by atoms with E-state index in [-0.39, 0.29) is 5.76 Å². The molecular formula is C23H23N3O5. The largest absolute Gasteiger partial charge is 0.481 e. The maximum Gasteiger partial charge on any atom is 0.291 e. The smallest absolute Gasteiger partial charge is 0.291 e. The normalized spacial score (nSPS) is 11.3. The summed E-state index contributed by atoms with van der Waals surface area (Å²) >= 11 is 0. The Balaban J connectivity index is 1.51. The standard InChI is InChI=1S/C23H23N3O5/c1-14-6-4-7-19(15(14)2)31-16(3)21(27)25-26-22(28)17-9-11-18(12-10-17)24-23(29)20-8-5-13-30-20/h4-13,16H,1-3H3,(H,24,29)(H,25,27)(H,26,28)/t16-/m0/s1. The van der Waals surface area contributed by atoms with E-state index < -0.39 is 23.8 Å². The Morgan fingerprint density at radius 3 is 2.32 bits per heavy atom. The van der Waals surface area contributed by atoms with Gasteiger partial charge in [-0.15, -0.1) is 0 Å². The monoisotopic (exact) mass is 421 g/mol. The van der Waals surface area contributed by atoms with Crippen LogP contribution in [0.3, 0.4) is 0 Å². The van der Waals surface area contributed by atoms with Crippen molar-refractivity contribution in [3.8, 4) is 5.75 Å². The van der Waals surface area contributed by atoms with Crippen LogP contribution < -0.4 is 20.9 Å². The van der Waals surface area contributed by atoms with Gasteiger partial charge in [-0.3, -0.25) is 25.2 Å².